The Kier molecular flexibility index (Phi) is 6.59. The zero-order valence-corrected chi connectivity index (χ0v) is 19.1. The summed E-state index contributed by atoms with van der Waals surface area (Å²) in [5.41, 5.74) is 7.37. The number of hydrogen-bond donors (Lipinski definition) is 1. The Morgan fingerprint density at radius 1 is 1.03 bits per heavy atom. The third kappa shape index (κ3) is 5.02. The van der Waals surface area contributed by atoms with Gasteiger partial charge < -0.3 is 14.8 Å². The van der Waals surface area contributed by atoms with Gasteiger partial charge in [0.1, 0.15) is 0 Å². The van der Waals surface area contributed by atoms with E-state index in [4.69, 9.17) is 0 Å². The molecule has 3 rings (SSSR count). The van der Waals surface area contributed by atoms with E-state index < -0.39 is 0 Å². The quantitative estimate of drug-likeness (QED) is 0.653. The molecule has 2 aromatic heterocycles. The van der Waals surface area contributed by atoms with Gasteiger partial charge in [0.05, 0.1) is 24.3 Å². The maximum atomic E-state index is 13.1. The third-order valence-corrected chi connectivity index (χ3v) is 5.52. The van der Waals surface area contributed by atoms with E-state index in [0.717, 1.165) is 39.5 Å². The van der Waals surface area contributed by atoms with Gasteiger partial charge in [0, 0.05) is 30.3 Å². The minimum atomic E-state index is -0.215. The van der Waals surface area contributed by atoms with Crippen LogP contribution in [0.25, 0.3) is 0 Å². The zero-order chi connectivity index (χ0) is 22.7. The van der Waals surface area contributed by atoms with E-state index in [1.54, 1.807) is 13.2 Å². The fourth-order valence-electron chi connectivity index (χ4n) is 3.96. The maximum Gasteiger partial charge on any atom is 0.255 e. The van der Waals surface area contributed by atoms with Crippen molar-refractivity contribution in [3.63, 3.8) is 0 Å². The Balaban J connectivity index is 1.72. The van der Waals surface area contributed by atoms with Crippen molar-refractivity contribution in [3.05, 3.63) is 81.9 Å². The molecule has 162 valence electrons. The molecular formula is C25H30N4O2. The SMILES string of the molecule is Cc1cc(C)c(NC(=O)CN(C)C(=O)c2cc(C)n(Cc3ccccn3)c2C)c(C)c1. The summed E-state index contributed by atoms with van der Waals surface area (Å²) in [5, 5.41) is 2.96. The number of pyridine rings is 1. The highest BCUT2D eigenvalue weighted by Crippen LogP contribution is 2.22. The van der Waals surface area contributed by atoms with Crippen LogP contribution in [-0.2, 0) is 11.3 Å². The third-order valence-electron chi connectivity index (χ3n) is 5.52. The average Bonchev–Trinajstić information content (AvgIpc) is 2.99. The summed E-state index contributed by atoms with van der Waals surface area (Å²) in [4.78, 5) is 31.5. The van der Waals surface area contributed by atoms with Crippen molar-refractivity contribution in [2.75, 3.05) is 18.9 Å². The molecule has 2 amide bonds. The number of aryl methyl sites for hydroxylation is 4. The molecule has 0 saturated heterocycles. The van der Waals surface area contributed by atoms with Crippen molar-refractivity contribution >= 4 is 17.5 Å². The van der Waals surface area contributed by atoms with Gasteiger partial charge in [-0.15, -0.1) is 0 Å². The van der Waals surface area contributed by atoms with E-state index in [1.807, 2.05) is 71.0 Å². The number of nitrogens with one attached hydrogen (secondary N) is 1. The predicted octanol–water partition coefficient (Wildman–Crippen LogP) is 4.18. The van der Waals surface area contributed by atoms with Crippen LogP contribution in [0.1, 0.15) is 44.1 Å². The summed E-state index contributed by atoms with van der Waals surface area (Å²) in [6.45, 7) is 10.5. The number of anilines is 1. The molecule has 6 nitrogen and oxygen atoms in total. The van der Waals surface area contributed by atoms with E-state index in [1.165, 1.54) is 4.90 Å². The first-order valence-corrected chi connectivity index (χ1v) is 10.4. The van der Waals surface area contributed by atoms with Crippen molar-refractivity contribution < 1.29 is 9.59 Å². The molecule has 2 heterocycles. The predicted molar refractivity (Wildman–Crippen MR) is 123 cm³/mol. The van der Waals surface area contributed by atoms with Gasteiger partial charge in [-0.2, -0.15) is 0 Å². The van der Waals surface area contributed by atoms with Gasteiger partial charge in [-0.25, -0.2) is 0 Å². The van der Waals surface area contributed by atoms with Crippen LogP contribution in [0.5, 0.6) is 0 Å². The van der Waals surface area contributed by atoms with E-state index in [-0.39, 0.29) is 18.4 Å². The molecule has 0 aliphatic carbocycles. The molecule has 0 fully saturated rings. The molecular weight excluding hydrogens is 388 g/mol. The molecule has 6 heteroatoms. The highest BCUT2D eigenvalue weighted by Gasteiger charge is 2.21. The van der Waals surface area contributed by atoms with E-state index in [0.29, 0.717) is 12.1 Å². The Morgan fingerprint density at radius 2 is 1.71 bits per heavy atom. The molecule has 3 aromatic rings. The number of amides is 2. The Labute approximate surface area is 183 Å². The van der Waals surface area contributed by atoms with Gasteiger partial charge in [0.25, 0.3) is 5.91 Å². The van der Waals surface area contributed by atoms with Crippen molar-refractivity contribution in [1.29, 1.82) is 0 Å². The molecule has 0 atom stereocenters. The number of benzene rings is 1. The lowest BCUT2D eigenvalue weighted by molar-refractivity contribution is -0.116. The highest BCUT2D eigenvalue weighted by atomic mass is 16.2. The molecule has 31 heavy (non-hydrogen) atoms. The van der Waals surface area contributed by atoms with Gasteiger partial charge in [-0.05, 0) is 63.9 Å². The lowest BCUT2D eigenvalue weighted by Gasteiger charge is -2.19. The number of nitrogens with zero attached hydrogens (tertiary/aromatic N) is 3. The van der Waals surface area contributed by atoms with Crippen LogP contribution in [0, 0.1) is 34.6 Å². The summed E-state index contributed by atoms with van der Waals surface area (Å²) in [6.07, 6.45) is 1.76. The van der Waals surface area contributed by atoms with Crippen LogP contribution in [0.15, 0.2) is 42.6 Å². The van der Waals surface area contributed by atoms with E-state index in [2.05, 4.69) is 14.9 Å². The van der Waals surface area contributed by atoms with Gasteiger partial charge in [-0.3, -0.25) is 14.6 Å². The standard InChI is InChI=1S/C25H30N4O2/c1-16-11-17(2)24(18(3)12-16)27-23(30)15-28(6)25(31)22-13-19(4)29(20(22)5)14-21-9-7-8-10-26-21/h7-13H,14-15H2,1-6H3,(H,27,30). The maximum absolute atomic E-state index is 13.1. The van der Waals surface area contributed by atoms with Crippen molar-refractivity contribution in [2.24, 2.45) is 0 Å². The number of hydrogen-bond acceptors (Lipinski definition) is 3. The monoisotopic (exact) mass is 418 g/mol. The molecule has 0 unspecified atom stereocenters. The minimum absolute atomic E-state index is 0.0184. The minimum Gasteiger partial charge on any atom is -0.342 e. The number of rotatable bonds is 6. The first-order chi connectivity index (χ1) is 14.7. The van der Waals surface area contributed by atoms with Crippen molar-refractivity contribution in [2.45, 2.75) is 41.2 Å². The first kappa shape index (κ1) is 22.3. The fourth-order valence-corrected chi connectivity index (χ4v) is 3.96. The summed E-state index contributed by atoms with van der Waals surface area (Å²) >= 11 is 0. The van der Waals surface area contributed by atoms with Gasteiger partial charge in [0.15, 0.2) is 0 Å². The van der Waals surface area contributed by atoms with Crippen LogP contribution in [0.2, 0.25) is 0 Å². The molecule has 0 bridgehead atoms. The largest absolute Gasteiger partial charge is 0.342 e. The fraction of sp³-hybridized carbons (Fsp3) is 0.320. The smallest absolute Gasteiger partial charge is 0.255 e. The summed E-state index contributed by atoms with van der Waals surface area (Å²) in [5.74, 6) is -0.388. The Hall–Kier alpha value is -3.41. The molecule has 0 saturated carbocycles. The molecule has 0 radical (unpaired) electrons. The van der Waals surface area contributed by atoms with Crippen LogP contribution in [-0.4, -0.2) is 39.9 Å². The summed E-state index contributed by atoms with van der Waals surface area (Å²) in [7, 11) is 1.65. The molecule has 0 spiro atoms. The van der Waals surface area contributed by atoms with Crippen LogP contribution in [0.4, 0.5) is 5.69 Å². The van der Waals surface area contributed by atoms with E-state index >= 15 is 0 Å². The second-order valence-corrected chi connectivity index (χ2v) is 8.18. The number of carbonyl (C=O) groups excluding carboxylic acids is 2. The van der Waals surface area contributed by atoms with Gasteiger partial charge in [0.2, 0.25) is 5.91 Å². The lowest BCUT2D eigenvalue weighted by Crippen LogP contribution is -2.35. The molecule has 1 N–H and O–H groups in total. The van der Waals surface area contributed by atoms with Crippen molar-refractivity contribution in [3.8, 4) is 0 Å². The van der Waals surface area contributed by atoms with Gasteiger partial charge in [-0.1, -0.05) is 23.8 Å². The summed E-state index contributed by atoms with van der Waals surface area (Å²) in [6, 6.07) is 11.7. The van der Waals surface area contributed by atoms with E-state index in [9.17, 15) is 9.59 Å². The first-order valence-electron chi connectivity index (χ1n) is 10.4. The molecule has 0 aliphatic rings. The lowest BCUT2D eigenvalue weighted by atomic mass is 10.1. The second kappa shape index (κ2) is 9.16. The zero-order valence-electron chi connectivity index (χ0n) is 19.1. The number of carbonyl (C=O) groups is 2. The van der Waals surface area contributed by atoms with Crippen molar-refractivity contribution in [1.82, 2.24) is 14.5 Å². The molecule has 0 aliphatic heterocycles. The van der Waals surface area contributed by atoms with Gasteiger partial charge >= 0.3 is 0 Å². The number of aromatic nitrogens is 2. The normalized spacial score (nSPS) is 10.8. The summed E-state index contributed by atoms with van der Waals surface area (Å²) < 4.78 is 2.07. The topological polar surface area (TPSA) is 67.2 Å². The Bertz CT molecular complexity index is 1090. The van der Waals surface area contributed by atoms with Crippen LogP contribution < -0.4 is 5.32 Å². The Morgan fingerprint density at radius 3 is 2.32 bits per heavy atom. The molecule has 1 aromatic carbocycles. The second-order valence-electron chi connectivity index (χ2n) is 8.18. The number of likely N-dealkylation sites (N-methyl/N-ethyl adjacent to an activating group) is 1. The average molecular weight is 419 g/mol. The highest BCUT2D eigenvalue weighted by molar-refractivity contribution is 6.00. The van der Waals surface area contributed by atoms with Crippen LogP contribution in [0.3, 0.4) is 0 Å². The van der Waals surface area contributed by atoms with Crippen LogP contribution >= 0.6 is 0 Å².